The van der Waals surface area contributed by atoms with E-state index >= 15 is 0 Å². The monoisotopic (exact) mass is 473 g/mol. The van der Waals surface area contributed by atoms with Crippen molar-refractivity contribution in [3.63, 3.8) is 0 Å². The molecule has 0 bridgehead atoms. The Balaban J connectivity index is 1.54. The van der Waals surface area contributed by atoms with Gasteiger partial charge in [-0.1, -0.05) is 35.0 Å². The first-order chi connectivity index (χ1) is 14.2. The molecule has 29 heavy (non-hydrogen) atoms. The lowest BCUT2D eigenvalue weighted by molar-refractivity contribution is 0.108. The van der Waals surface area contributed by atoms with E-state index in [9.17, 15) is 0 Å². The quantitative estimate of drug-likeness (QED) is 0.478. The normalized spacial score (nSPS) is 14.3. The first kappa shape index (κ1) is 20.5. The summed E-state index contributed by atoms with van der Waals surface area (Å²) in [6.45, 7) is 6.44. The van der Waals surface area contributed by atoms with E-state index in [0.29, 0.717) is 13.2 Å². The molecule has 0 unspecified atom stereocenters. The van der Waals surface area contributed by atoms with Crippen LogP contribution in [-0.4, -0.2) is 36.3 Å². The highest BCUT2D eigenvalue weighted by molar-refractivity contribution is 9.10. The van der Waals surface area contributed by atoms with E-state index in [0.717, 1.165) is 69.7 Å². The number of anilines is 1. The molecule has 1 aliphatic heterocycles. The molecule has 4 rings (SSSR count). The molecule has 3 aromatic rings. The molecule has 0 saturated carbocycles. The molecule has 0 radical (unpaired) electrons. The highest BCUT2D eigenvalue weighted by atomic mass is 79.9. The summed E-state index contributed by atoms with van der Waals surface area (Å²) in [5, 5.41) is 1.02. The van der Waals surface area contributed by atoms with Crippen molar-refractivity contribution in [1.29, 1.82) is 0 Å². The van der Waals surface area contributed by atoms with E-state index in [4.69, 9.17) is 14.5 Å². The average molecular weight is 474 g/mol. The number of halogens is 1. The maximum Gasteiger partial charge on any atom is 0.146 e. The summed E-state index contributed by atoms with van der Waals surface area (Å²) in [7, 11) is 0. The smallest absolute Gasteiger partial charge is 0.146 e. The molecular formula is C22H24BrN3O2S. The number of aryl methyl sites for hydroxylation is 1. The second kappa shape index (κ2) is 9.80. The van der Waals surface area contributed by atoms with E-state index in [1.807, 2.05) is 24.4 Å². The summed E-state index contributed by atoms with van der Waals surface area (Å²) in [4.78, 5) is 12.9. The van der Waals surface area contributed by atoms with Gasteiger partial charge in [-0.15, -0.1) is 11.3 Å². The predicted octanol–water partition coefficient (Wildman–Crippen LogP) is 5.08. The fraction of sp³-hybridized carbons (Fsp3) is 0.364. The Hall–Kier alpha value is -1.80. The Bertz CT molecular complexity index is 939. The van der Waals surface area contributed by atoms with Gasteiger partial charge in [0.05, 0.1) is 31.3 Å². The average Bonchev–Trinajstić information content (AvgIpc) is 3.20. The molecule has 5 nitrogen and oxygen atoms in total. The van der Waals surface area contributed by atoms with Crippen molar-refractivity contribution in [3.05, 3.63) is 63.2 Å². The van der Waals surface area contributed by atoms with Crippen LogP contribution in [0.15, 0.2) is 47.1 Å². The SMILES string of the molecule is CCc1cc(-c2nc(N3CCOCC3)c(COCc3ccc(Br)cc3)s2)ccn1. The molecule has 152 valence electrons. The summed E-state index contributed by atoms with van der Waals surface area (Å²) in [5.74, 6) is 1.03. The molecule has 0 aliphatic carbocycles. The topological polar surface area (TPSA) is 47.5 Å². The number of nitrogens with zero attached hydrogens (tertiary/aromatic N) is 3. The zero-order valence-electron chi connectivity index (χ0n) is 16.4. The van der Waals surface area contributed by atoms with Gasteiger partial charge in [0.2, 0.25) is 0 Å². The Morgan fingerprint density at radius 1 is 1.14 bits per heavy atom. The van der Waals surface area contributed by atoms with Crippen LogP contribution in [0.2, 0.25) is 0 Å². The molecule has 0 atom stereocenters. The van der Waals surface area contributed by atoms with Gasteiger partial charge in [-0.05, 0) is 36.2 Å². The molecule has 0 amide bonds. The standard InChI is InChI=1S/C22H24BrN3O2S/c1-2-19-13-17(7-8-24-19)22-25-21(26-9-11-27-12-10-26)20(29-22)15-28-14-16-3-5-18(23)6-4-16/h3-8,13H,2,9-12,14-15H2,1H3. The Morgan fingerprint density at radius 2 is 1.93 bits per heavy atom. The number of morpholine rings is 1. The fourth-order valence-electron chi connectivity index (χ4n) is 3.23. The van der Waals surface area contributed by atoms with Crippen LogP contribution in [-0.2, 0) is 29.1 Å². The second-order valence-electron chi connectivity index (χ2n) is 6.87. The molecule has 1 fully saturated rings. The molecule has 3 heterocycles. The largest absolute Gasteiger partial charge is 0.378 e. The Kier molecular flexibility index (Phi) is 6.92. The molecule has 2 aromatic heterocycles. The molecule has 1 aromatic carbocycles. The maximum absolute atomic E-state index is 6.06. The van der Waals surface area contributed by atoms with Gasteiger partial charge in [-0.2, -0.15) is 0 Å². The van der Waals surface area contributed by atoms with E-state index in [2.05, 4.69) is 50.9 Å². The number of rotatable bonds is 7. The first-order valence-electron chi connectivity index (χ1n) is 9.83. The van der Waals surface area contributed by atoms with Gasteiger partial charge in [0.1, 0.15) is 10.8 Å². The van der Waals surface area contributed by atoms with Gasteiger partial charge in [0, 0.05) is 35.0 Å². The number of aromatic nitrogens is 2. The molecule has 7 heteroatoms. The maximum atomic E-state index is 6.06. The van der Waals surface area contributed by atoms with E-state index in [1.54, 1.807) is 11.3 Å². The lowest BCUT2D eigenvalue weighted by Crippen LogP contribution is -2.37. The van der Waals surface area contributed by atoms with Gasteiger partial charge in [0.15, 0.2) is 0 Å². The van der Waals surface area contributed by atoms with Crippen molar-refractivity contribution in [3.8, 4) is 10.6 Å². The summed E-state index contributed by atoms with van der Waals surface area (Å²) in [5.41, 5.74) is 3.36. The highest BCUT2D eigenvalue weighted by Gasteiger charge is 2.21. The molecule has 1 saturated heterocycles. The summed E-state index contributed by atoms with van der Waals surface area (Å²) in [6, 6.07) is 12.4. The third-order valence-corrected chi connectivity index (χ3v) is 6.42. The van der Waals surface area contributed by atoms with Crippen molar-refractivity contribution in [2.75, 3.05) is 31.2 Å². The van der Waals surface area contributed by atoms with E-state index < -0.39 is 0 Å². The third-order valence-electron chi connectivity index (χ3n) is 4.83. The number of hydrogen-bond acceptors (Lipinski definition) is 6. The van der Waals surface area contributed by atoms with Crippen LogP contribution in [0.5, 0.6) is 0 Å². The van der Waals surface area contributed by atoms with Gasteiger partial charge in [-0.3, -0.25) is 4.98 Å². The van der Waals surface area contributed by atoms with Gasteiger partial charge >= 0.3 is 0 Å². The zero-order chi connectivity index (χ0) is 20.1. The predicted molar refractivity (Wildman–Crippen MR) is 120 cm³/mol. The lowest BCUT2D eigenvalue weighted by atomic mass is 10.2. The first-order valence-corrected chi connectivity index (χ1v) is 11.4. The van der Waals surface area contributed by atoms with Crippen LogP contribution in [0.25, 0.3) is 10.6 Å². The van der Waals surface area contributed by atoms with Crippen molar-refractivity contribution < 1.29 is 9.47 Å². The molecule has 1 aliphatic rings. The number of hydrogen-bond donors (Lipinski definition) is 0. The highest BCUT2D eigenvalue weighted by Crippen LogP contribution is 2.34. The fourth-order valence-corrected chi connectivity index (χ4v) is 4.51. The van der Waals surface area contributed by atoms with Crippen LogP contribution in [0.3, 0.4) is 0 Å². The summed E-state index contributed by atoms with van der Waals surface area (Å²) < 4.78 is 12.7. The Morgan fingerprint density at radius 3 is 2.69 bits per heavy atom. The summed E-state index contributed by atoms with van der Waals surface area (Å²) >= 11 is 5.18. The van der Waals surface area contributed by atoms with Crippen LogP contribution < -0.4 is 4.90 Å². The van der Waals surface area contributed by atoms with Gasteiger partial charge < -0.3 is 14.4 Å². The van der Waals surface area contributed by atoms with Gasteiger partial charge in [-0.25, -0.2) is 4.98 Å². The lowest BCUT2D eigenvalue weighted by Gasteiger charge is -2.27. The van der Waals surface area contributed by atoms with Crippen molar-refractivity contribution in [1.82, 2.24) is 9.97 Å². The minimum absolute atomic E-state index is 0.548. The Labute approximate surface area is 183 Å². The minimum atomic E-state index is 0.548. The van der Waals surface area contributed by atoms with Crippen molar-refractivity contribution in [2.24, 2.45) is 0 Å². The number of thiazole rings is 1. The number of ether oxygens (including phenoxy) is 2. The van der Waals surface area contributed by atoms with Crippen LogP contribution >= 0.6 is 27.3 Å². The van der Waals surface area contributed by atoms with Crippen molar-refractivity contribution in [2.45, 2.75) is 26.6 Å². The molecule has 0 N–H and O–H groups in total. The van der Waals surface area contributed by atoms with Crippen LogP contribution in [0.1, 0.15) is 23.1 Å². The van der Waals surface area contributed by atoms with Crippen LogP contribution in [0.4, 0.5) is 5.82 Å². The number of pyridine rings is 1. The summed E-state index contributed by atoms with van der Waals surface area (Å²) in [6.07, 6.45) is 2.78. The van der Waals surface area contributed by atoms with E-state index in [-0.39, 0.29) is 0 Å². The molecular weight excluding hydrogens is 450 g/mol. The molecule has 0 spiro atoms. The van der Waals surface area contributed by atoms with Gasteiger partial charge in [0.25, 0.3) is 0 Å². The minimum Gasteiger partial charge on any atom is -0.378 e. The zero-order valence-corrected chi connectivity index (χ0v) is 18.8. The third kappa shape index (κ3) is 5.22. The van der Waals surface area contributed by atoms with Crippen LogP contribution in [0, 0.1) is 0 Å². The van der Waals surface area contributed by atoms with E-state index in [1.165, 1.54) is 0 Å². The van der Waals surface area contributed by atoms with Crippen molar-refractivity contribution >= 4 is 33.1 Å². The number of benzene rings is 1. The second-order valence-corrected chi connectivity index (χ2v) is 8.87.